The molecule has 0 unspecified atom stereocenters. The summed E-state index contributed by atoms with van der Waals surface area (Å²) in [6.45, 7) is 0.671. The van der Waals surface area contributed by atoms with Crippen molar-refractivity contribution in [1.29, 1.82) is 0 Å². The normalized spacial score (nSPS) is 21.4. The van der Waals surface area contributed by atoms with Gasteiger partial charge >= 0.3 is 0 Å². The van der Waals surface area contributed by atoms with Crippen molar-refractivity contribution in [3.8, 4) is 0 Å². The third-order valence-corrected chi connectivity index (χ3v) is 2.86. The van der Waals surface area contributed by atoms with Crippen molar-refractivity contribution in [2.75, 3.05) is 6.61 Å². The summed E-state index contributed by atoms with van der Waals surface area (Å²) in [6.07, 6.45) is 10.3. The van der Waals surface area contributed by atoms with Gasteiger partial charge < -0.3 is 4.74 Å². The molecule has 14 heavy (non-hydrogen) atoms. The van der Waals surface area contributed by atoms with Crippen molar-refractivity contribution in [2.45, 2.75) is 38.5 Å². The van der Waals surface area contributed by atoms with Crippen LogP contribution in [-0.2, 0) is 9.53 Å². The number of carbonyl (C=O) groups is 1. The molecule has 0 spiro atoms. The number of ketones is 1. The van der Waals surface area contributed by atoms with Crippen LogP contribution in [0.3, 0.4) is 0 Å². The predicted molar refractivity (Wildman–Crippen MR) is 54.8 cm³/mol. The number of allylic oxidation sites excluding steroid dienone is 2. The second-order valence-corrected chi connectivity index (χ2v) is 3.99. The summed E-state index contributed by atoms with van der Waals surface area (Å²) in [5.41, 5.74) is 2.16. The van der Waals surface area contributed by atoms with E-state index in [1.54, 1.807) is 6.26 Å². The molecule has 1 heterocycles. The van der Waals surface area contributed by atoms with Gasteiger partial charge in [-0.2, -0.15) is 0 Å². The fourth-order valence-electron chi connectivity index (χ4n) is 2.00. The molecular weight excluding hydrogens is 176 g/mol. The van der Waals surface area contributed by atoms with Crippen molar-refractivity contribution in [3.05, 3.63) is 23.5 Å². The highest BCUT2D eigenvalue weighted by molar-refractivity contribution is 6.04. The second kappa shape index (κ2) is 4.45. The number of carbonyl (C=O) groups excluding carboxylic acids is 1. The summed E-state index contributed by atoms with van der Waals surface area (Å²) in [5.74, 6) is 0.166. The molecule has 1 saturated carbocycles. The first-order chi connectivity index (χ1) is 6.86. The molecule has 0 saturated heterocycles. The van der Waals surface area contributed by atoms with Crippen LogP contribution in [0.2, 0.25) is 0 Å². The van der Waals surface area contributed by atoms with Gasteiger partial charge in [-0.1, -0.05) is 12.0 Å². The van der Waals surface area contributed by atoms with E-state index in [2.05, 4.69) is 0 Å². The smallest absolute Gasteiger partial charge is 0.184 e. The average molecular weight is 192 g/mol. The molecule has 2 rings (SSSR count). The van der Waals surface area contributed by atoms with Gasteiger partial charge in [-0.25, -0.2) is 0 Å². The number of hydrogen-bond acceptors (Lipinski definition) is 2. The van der Waals surface area contributed by atoms with E-state index in [4.69, 9.17) is 4.74 Å². The molecule has 1 aliphatic carbocycles. The molecule has 2 aliphatic rings. The van der Waals surface area contributed by atoms with E-state index in [9.17, 15) is 4.79 Å². The lowest BCUT2D eigenvalue weighted by Crippen LogP contribution is -2.01. The minimum Gasteiger partial charge on any atom is -0.500 e. The summed E-state index contributed by atoms with van der Waals surface area (Å²) >= 11 is 0. The van der Waals surface area contributed by atoms with E-state index in [1.165, 1.54) is 24.8 Å². The van der Waals surface area contributed by atoms with Gasteiger partial charge in [0.25, 0.3) is 0 Å². The Morgan fingerprint density at radius 3 is 2.64 bits per heavy atom. The molecule has 1 aliphatic heterocycles. The molecule has 1 fully saturated rings. The quantitative estimate of drug-likeness (QED) is 0.629. The minimum atomic E-state index is 0.166. The third kappa shape index (κ3) is 2.25. The van der Waals surface area contributed by atoms with Crippen LogP contribution >= 0.6 is 0 Å². The van der Waals surface area contributed by atoms with Gasteiger partial charge in [0.2, 0.25) is 0 Å². The Balaban J connectivity index is 1.97. The van der Waals surface area contributed by atoms with Crippen LogP contribution in [0.1, 0.15) is 38.5 Å². The molecule has 0 radical (unpaired) electrons. The van der Waals surface area contributed by atoms with Crippen LogP contribution in [0, 0.1) is 0 Å². The van der Waals surface area contributed by atoms with Crippen LogP contribution in [-0.4, -0.2) is 12.4 Å². The van der Waals surface area contributed by atoms with Crippen molar-refractivity contribution >= 4 is 5.78 Å². The van der Waals surface area contributed by atoms with E-state index < -0.39 is 0 Å². The molecule has 0 aromatic carbocycles. The molecule has 76 valence electrons. The van der Waals surface area contributed by atoms with E-state index in [0.29, 0.717) is 6.61 Å². The van der Waals surface area contributed by atoms with Gasteiger partial charge in [-0.3, -0.25) is 4.79 Å². The summed E-state index contributed by atoms with van der Waals surface area (Å²) < 4.78 is 5.06. The first kappa shape index (κ1) is 9.50. The summed E-state index contributed by atoms with van der Waals surface area (Å²) in [5, 5.41) is 0. The molecule has 0 N–H and O–H groups in total. The van der Waals surface area contributed by atoms with Gasteiger partial charge in [0, 0.05) is 12.0 Å². The van der Waals surface area contributed by atoms with Gasteiger partial charge in [0.15, 0.2) is 5.78 Å². The third-order valence-electron chi connectivity index (χ3n) is 2.86. The fraction of sp³-hybridized carbons (Fsp3) is 0.583. The monoisotopic (exact) mass is 192 g/mol. The minimum absolute atomic E-state index is 0.166. The highest BCUT2D eigenvalue weighted by Crippen LogP contribution is 2.23. The van der Waals surface area contributed by atoms with Gasteiger partial charge in [0.1, 0.15) is 0 Å². The van der Waals surface area contributed by atoms with Crippen molar-refractivity contribution in [3.63, 3.8) is 0 Å². The molecule has 0 aromatic heterocycles. The fourth-order valence-corrected chi connectivity index (χ4v) is 2.00. The van der Waals surface area contributed by atoms with Crippen LogP contribution in [0.25, 0.3) is 0 Å². The van der Waals surface area contributed by atoms with E-state index in [0.717, 1.165) is 24.8 Å². The first-order valence-corrected chi connectivity index (χ1v) is 5.41. The van der Waals surface area contributed by atoms with Crippen LogP contribution in [0.15, 0.2) is 23.5 Å². The molecule has 0 aromatic rings. The Kier molecular flexibility index (Phi) is 3.02. The number of hydrogen-bond donors (Lipinski definition) is 0. The molecular formula is C12H16O2. The summed E-state index contributed by atoms with van der Waals surface area (Å²) in [4.78, 5) is 11.7. The van der Waals surface area contributed by atoms with Crippen molar-refractivity contribution < 1.29 is 9.53 Å². The highest BCUT2D eigenvalue weighted by Gasteiger charge is 2.14. The molecule has 0 atom stereocenters. The van der Waals surface area contributed by atoms with Gasteiger partial charge in [-0.05, 0) is 31.8 Å². The Hall–Kier alpha value is -1.05. The molecule has 0 bridgehead atoms. The van der Waals surface area contributed by atoms with Crippen LogP contribution < -0.4 is 0 Å². The van der Waals surface area contributed by atoms with Crippen LogP contribution in [0.4, 0.5) is 0 Å². The average Bonchev–Trinajstić information content (AvgIpc) is 2.72. The first-order valence-electron chi connectivity index (χ1n) is 5.41. The maximum atomic E-state index is 11.7. The zero-order chi connectivity index (χ0) is 9.80. The van der Waals surface area contributed by atoms with Gasteiger partial charge in [-0.15, -0.1) is 0 Å². The molecule has 2 heteroatoms. The van der Waals surface area contributed by atoms with Crippen LogP contribution in [0.5, 0.6) is 0 Å². The van der Waals surface area contributed by atoms with E-state index in [-0.39, 0.29) is 5.78 Å². The lowest BCUT2D eigenvalue weighted by atomic mass is 9.93. The maximum Gasteiger partial charge on any atom is 0.184 e. The molecule has 0 amide bonds. The van der Waals surface area contributed by atoms with Gasteiger partial charge in [0.05, 0.1) is 12.9 Å². The topological polar surface area (TPSA) is 26.3 Å². The number of rotatable bonds is 2. The standard InChI is InChI=1S/C12H16O2/c13-12(11-6-7-14-9-11)8-10-4-2-1-3-5-10/h8-9H,1-7H2. The SMILES string of the molecule is O=C(C=C1CCCCC1)C1=COCC1. The largest absolute Gasteiger partial charge is 0.500 e. The lowest BCUT2D eigenvalue weighted by molar-refractivity contribution is -0.111. The summed E-state index contributed by atoms with van der Waals surface area (Å²) in [6, 6.07) is 0. The predicted octanol–water partition coefficient (Wildman–Crippen LogP) is 2.75. The Bertz CT molecular complexity index is 279. The number of ether oxygens (including phenoxy) is 1. The zero-order valence-electron chi connectivity index (χ0n) is 8.42. The highest BCUT2D eigenvalue weighted by atomic mass is 16.5. The van der Waals surface area contributed by atoms with Crippen molar-refractivity contribution in [1.82, 2.24) is 0 Å². The Morgan fingerprint density at radius 1 is 1.21 bits per heavy atom. The summed E-state index contributed by atoms with van der Waals surface area (Å²) in [7, 11) is 0. The Labute approximate surface area is 84.6 Å². The second-order valence-electron chi connectivity index (χ2n) is 3.99. The van der Waals surface area contributed by atoms with E-state index in [1.807, 2.05) is 6.08 Å². The Morgan fingerprint density at radius 2 is 2.00 bits per heavy atom. The lowest BCUT2D eigenvalue weighted by Gasteiger charge is -2.12. The maximum absolute atomic E-state index is 11.7. The zero-order valence-corrected chi connectivity index (χ0v) is 8.42. The molecule has 2 nitrogen and oxygen atoms in total. The van der Waals surface area contributed by atoms with E-state index >= 15 is 0 Å². The van der Waals surface area contributed by atoms with Crippen molar-refractivity contribution in [2.24, 2.45) is 0 Å².